The van der Waals surface area contributed by atoms with Gasteiger partial charge in [-0.3, -0.25) is 4.79 Å². The molecule has 130 valence electrons. The van der Waals surface area contributed by atoms with Gasteiger partial charge in [0.05, 0.1) is 5.69 Å². The Hall–Kier alpha value is -1.50. The highest BCUT2D eigenvalue weighted by Crippen LogP contribution is 2.26. The SMILES string of the molecule is Cc1nc(NC(=O)C(C)C2CNC2)sc1Cc1cccc(F)c1.Cl. The first-order chi connectivity index (χ1) is 11.0. The summed E-state index contributed by atoms with van der Waals surface area (Å²) >= 11 is 1.46. The second-order valence-corrected chi connectivity index (χ2v) is 7.11. The van der Waals surface area contributed by atoms with Gasteiger partial charge in [-0.1, -0.05) is 19.1 Å². The van der Waals surface area contributed by atoms with Crippen LogP contribution in [0.5, 0.6) is 0 Å². The molecule has 24 heavy (non-hydrogen) atoms. The molecular formula is C17H21ClFN3OS. The molecule has 2 heterocycles. The van der Waals surface area contributed by atoms with Gasteiger partial charge in [0.2, 0.25) is 5.91 Å². The molecule has 1 aliphatic heterocycles. The summed E-state index contributed by atoms with van der Waals surface area (Å²) in [4.78, 5) is 17.7. The maximum Gasteiger partial charge on any atom is 0.229 e. The molecule has 1 saturated heterocycles. The van der Waals surface area contributed by atoms with E-state index in [1.54, 1.807) is 6.07 Å². The van der Waals surface area contributed by atoms with Crippen molar-refractivity contribution in [1.82, 2.24) is 10.3 Å². The fourth-order valence-corrected chi connectivity index (χ4v) is 3.58. The van der Waals surface area contributed by atoms with Crippen LogP contribution < -0.4 is 10.6 Å². The van der Waals surface area contributed by atoms with Gasteiger partial charge in [0.1, 0.15) is 5.82 Å². The Bertz CT molecular complexity index is 718. The predicted octanol–water partition coefficient (Wildman–Crippen LogP) is 3.40. The Balaban J connectivity index is 0.00000208. The number of halogens is 2. The number of hydrogen-bond acceptors (Lipinski definition) is 4. The van der Waals surface area contributed by atoms with Gasteiger partial charge >= 0.3 is 0 Å². The smallest absolute Gasteiger partial charge is 0.229 e. The lowest BCUT2D eigenvalue weighted by molar-refractivity contribution is -0.121. The standard InChI is InChI=1S/C17H20FN3OS.ClH/c1-10(13-8-19-9-13)16(22)21-17-20-11(2)15(23-17)7-12-4-3-5-14(18)6-12;/h3-6,10,13,19H,7-9H2,1-2H3,(H,20,21,22);1H. The first-order valence-electron chi connectivity index (χ1n) is 7.75. The quantitative estimate of drug-likeness (QED) is 0.849. The number of nitrogens with zero attached hydrogens (tertiary/aromatic N) is 1. The van der Waals surface area contributed by atoms with E-state index >= 15 is 0 Å². The van der Waals surface area contributed by atoms with E-state index in [0.29, 0.717) is 17.5 Å². The zero-order valence-corrected chi connectivity index (χ0v) is 15.3. The molecular weight excluding hydrogens is 349 g/mol. The Morgan fingerprint density at radius 1 is 1.50 bits per heavy atom. The largest absolute Gasteiger partial charge is 0.316 e. The molecule has 7 heteroatoms. The van der Waals surface area contributed by atoms with Crippen LogP contribution in [0.15, 0.2) is 24.3 Å². The lowest BCUT2D eigenvalue weighted by Crippen LogP contribution is -2.48. The number of anilines is 1. The minimum absolute atomic E-state index is 0. The first-order valence-corrected chi connectivity index (χ1v) is 8.57. The van der Waals surface area contributed by atoms with Crippen molar-refractivity contribution in [2.75, 3.05) is 18.4 Å². The number of carbonyl (C=O) groups excluding carboxylic acids is 1. The molecule has 1 amide bonds. The van der Waals surface area contributed by atoms with E-state index in [-0.39, 0.29) is 30.0 Å². The van der Waals surface area contributed by atoms with Crippen LogP contribution >= 0.6 is 23.7 Å². The number of amides is 1. The van der Waals surface area contributed by atoms with Crippen molar-refractivity contribution in [3.8, 4) is 0 Å². The summed E-state index contributed by atoms with van der Waals surface area (Å²) in [5.41, 5.74) is 1.79. The maximum absolute atomic E-state index is 13.3. The van der Waals surface area contributed by atoms with Gasteiger partial charge < -0.3 is 10.6 Å². The van der Waals surface area contributed by atoms with E-state index < -0.39 is 0 Å². The summed E-state index contributed by atoms with van der Waals surface area (Å²) in [6, 6.07) is 6.57. The number of benzene rings is 1. The summed E-state index contributed by atoms with van der Waals surface area (Å²) in [6.45, 7) is 5.67. The van der Waals surface area contributed by atoms with Gasteiger partial charge in [0.15, 0.2) is 5.13 Å². The van der Waals surface area contributed by atoms with Crippen molar-refractivity contribution in [1.29, 1.82) is 0 Å². The van der Waals surface area contributed by atoms with Crippen LogP contribution in [0.4, 0.5) is 9.52 Å². The molecule has 1 atom stereocenters. The molecule has 1 unspecified atom stereocenters. The van der Waals surface area contributed by atoms with Gasteiger partial charge in [0.25, 0.3) is 0 Å². The van der Waals surface area contributed by atoms with Crippen molar-refractivity contribution in [3.63, 3.8) is 0 Å². The van der Waals surface area contributed by atoms with Crippen LogP contribution in [-0.2, 0) is 11.2 Å². The Kier molecular flexibility index (Phi) is 6.32. The minimum Gasteiger partial charge on any atom is -0.316 e. The third-order valence-corrected chi connectivity index (χ3v) is 5.38. The molecule has 0 saturated carbocycles. The van der Waals surface area contributed by atoms with E-state index in [4.69, 9.17) is 0 Å². The number of hydrogen-bond donors (Lipinski definition) is 2. The van der Waals surface area contributed by atoms with Gasteiger partial charge in [-0.2, -0.15) is 0 Å². The molecule has 0 bridgehead atoms. The lowest BCUT2D eigenvalue weighted by atomic mass is 9.88. The molecule has 0 aliphatic carbocycles. The van der Waals surface area contributed by atoms with Crippen molar-refractivity contribution in [2.45, 2.75) is 20.3 Å². The topological polar surface area (TPSA) is 54.0 Å². The zero-order chi connectivity index (χ0) is 16.4. The summed E-state index contributed by atoms with van der Waals surface area (Å²) in [7, 11) is 0. The van der Waals surface area contributed by atoms with Crippen LogP contribution in [0, 0.1) is 24.6 Å². The van der Waals surface area contributed by atoms with Crippen molar-refractivity contribution < 1.29 is 9.18 Å². The first kappa shape index (κ1) is 18.8. The number of aromatic nitrogens is 1. The highest BCUT2D eigenvalue weighted by atomic mass is 35.5. The van der Waals surface area contributed by atoms with E-state index in [9.17, 15) is 9.18 Å². The normalized spacial score (nSPS) is 15.3. The number of rotatable bonds is 5. The van der Waals surface area contributed by atoms with E-state index in [1.165, 1.54) is 23.5 Å². The molecule has 0 radical (unpaired) electrons. The lowest BCUT2D eigenvalue weighted by Gasteiger charge is -2.31. The molecule has 0 spiro atoms. The predicted molar refractivity (Wildman–Crippen MR) is 97.5 cm³/mol. The number of carbonyl (C=O) groups is 1. The van der Waals surface area contributed by atoms with Crippen molar-refractivity contribution in [3.05, 3.63) is 46.2 Å². The molecule has 1 aromatic heterocycles. The number of aryl methyl sites for hydroxylation is 1. The molecule has 1 aromatic carbocycles. The van der Waals surface area contributed by atoms with Gasteiger partial charge in [-0.15, -0.1) is 23.7 Å². The average molecular weight is 370 g/mol. The minimum atomic E-state index is -0.235. The summed E-state index contributed by atoms with van der Waals surface area (Å²) in [5.74, 6) is 0.165. The fraction of sp³-hybridized carbons (Fsp3) is 0.412. The summed E-state index contributed by atoms with van der Waals surface area (Å²) < 4.78 is 13.3. The Morgan fingerprint density at radius 2 is 2.25 bits per heavy atom. The van der Waals surface area contributed by atoms with Crippen molar-refractivity contribution in [2.24, 2.45) is 11.8 Å². The van der Waals surface area contributed by atoms with Crippen molar-refractivity contribution >= 4 is 34.8 Å². The van der Waals surface area contributed by atoms with Gasteiger partial charge in [-0.25, -0.2) is 9.37 Å². The third-order valence-electron chi connectivity index (χ3n) is 4.31. The molecule has 2 N–H and O–H groups in total. The van der Waals surface area contributed by atoms with Gasteiger partial charge in [-0.05, 0) is 43.6 Å². The molecule has 2 aromatic rings. The Labute approximate surface area is 151 Å². The third kappa shape index (κ3) is 4.32. The van der Waals surface area contributed by atoms with E-state index in [0.717, 1.165) is 29.2 Å². The van der Waals surface area contributed by atoms with E-state index in [1.807, 2.05) is 19.9 Å². The van der Waals surface area contributed by atoms with Crippen LogP contribution in [0.25, 0.3) is 0 Å². The molecule has 1 aliphatic rings. The number of nitrogens with one attached hydrogen (secondary N) is 2. The highest BCUT2D eigenvalue weighted by Gasteiger charge is 2.29. The van der Waals surface area contributed by atoms with Crippen LogP contribution in [0.2, 0.25) is 0 Å². The average Bonchev–Trinajstić information content (AvgIpc) is 2.76. The molecule has 4 nitrogen and oxygen atoms in total. The van der Waals surface area contributed by atoms with E-state index in [2.05, 4.69) is 15.6 Å². The number of thiazole rings is 1. The maximum atomic E-state index is 13.3. The van der Waals surface area contributed by atoms with Crippen LogP contribution in [-0.4, -0.2) is 24.0 Å². The second-order valence-electron chi connectivity index (χ2n) is 6.03. The van der Waals surface area contributed by atoms with Crippen LogP contribution in [0.3, 0.4) is 0 Å². The zero-order valence-electron chi connectivity index (χ0n) is 13.6. The monoisotopic (exact) mass is 369 g/mol. The Morgan fingerprint density at radius 3 is 2.88 bits per heavy atom. The highest BCUT2D eigenvalue weighted by molar-refractivity contribution is 7.15. The van der Waals surface area contributed by atoms with Crippen LogP contribution in [0.1, 0.15) is 23.1 Å². The summed E-state index contributed by atoms with van der Waals surface area (Å²) in [5, 5.41) is 6.72. The molecule has 1 fully saturated rings. The molecule has 3 rings (SSSR count). The van der Waals surface area contributed by atoms with Gasteiger partial charge in [0, 0.05) is 17.2 Å². The second kappa shape index (κ2) is 8.05. The summed E-state index contributed by atoms with van der Waals surface area (Å²) in [6.07, 6.45) is 0.624. The fourth-order valence-electron chi connectivity index (χ4n) is 2.58.